The summed E-state index contributed by atoms with van der Waals surface area (Å²) >= 11 is 1.40. The number of thiazole rings is 1. The average Bonchev–Trinajstić information content (AvgIpc) is 3.18. The summed E-state index contributed by atoms with van der Waals surface area (Å²) in [4.78, 5) is 41.3. The van der Waals surface area contributed by atoms with E-state index in [0.29, 0.717) is 27.2 Å². The van der Waals surface area contributed by atoms with Crippen molar-refractivity contribution in [2.24, 2.45) is 0 Å². The normalized spacial score (nSPS) is 10.8. The molecule has 31 heavy (non-hydrogen) atoms. The maximum absolute atomic E-state index is 12.9. The van der Waals surface area contributed by atoms with E-state index in [1.165, 1.54) is 18.4 Å². The number of carbonyl (C=O) groups excluding carboxylic acids is 2. The third kappa shape index (κ3) is 4.22. The fraction of sp³-hybridized carbons (Fsp3) is 0.136. The fourth-order valence-electron chi connectivity index (χ4n) is 3.10. The van der Waals surface area contributed by atoms with Gasteiger partial charge in [0, 0.05) is 11.3 Å². The lowest BCUT2D eigenvalue weighted by atomic mass is 10.1. The number of methoxy groups -OCH3 is 1. The third-order valence-corrected chi connectivity index (χ3v) is 5.51. The third-order valence-electron chi connectivity index (χ3n) is 4.54. The lowest BCUT2D eigenvalue weighted by Crippen LogP contribution is -2.30. The number of aromatic nitrogens is 3. The molecule has 0 fully saturated rings. The van der Waals surface area contributed by atoms with E-state index in [1.807, 2.05) is 37.3 Å². The zero-order valence-electron chi connectivity index (χ0n) is 16.8. The summed E-state index contributed by atoms with van der Waals surface area (Å²) in [6.45, 7) is 1.55. The first kappa shape index (κ1) is 20.4. The van der Waals surface area contributed by atoms with Crippen LogP contribution >= 0.6 is 11.3 Å². The molecule has 0 spiro atoms. The number of aryl methyl sites for hydroxylation is 1. The first-order chi connectivity index (χ1) is 15.0. The highest BCUT2D eigenvalue weighted by Gasteiger charge is 2.18. The molecule has 2 aromatic carbocycles. The highest BCUT2D eigenvalue weighted by Crippen LogP contribution is 2.29. The molecule has 1 amide bonds. The van der Waals surface area contributed by atoms with Gasteiger partial charge in [0.15, 0.2) is 5.52 Å². The minimum atomic E-state index is -0.464. The fourth-order valence-corrected chi connectivity index (χ4v) is 4.02. The predicted octanol–water partition coefficient (Wildman–Crippen LogP) is 3.25. The Kier molecular flexibility index (Phi) is 5.59. The molecule has 2 heterocycles. The van der Waals surface area contributed by atoms with Crippen LogP contribution in [0.1, 0.15) is 15.4 Å². The number of nitrogens with one attached hydrogen (secondary N) is 1. The number of nitrogens with zero attached hydrogens (tertiary/aromatic N) is 3. The van der Waals surface area contributed by atoms with Gasteiger partial charge < -0.3 is 10.1 Å². The van der Waals surface area contributed by atoms with E-state index >= 15 is 0 Å². The van der Waals surface area contributed by atoms with Gasteiger partial charge >= 0.3 is 5.97 Å². The van der Waals surface area contributed by atoms with Crippen LogP contribution in [0.2, 0.25) is 0 Å². The quantitative estimate of drug-likeness (QED) is 0.484. The number of fused-ring (bicyclic) bond motifs is 1. The van der Waals surface area contributed by atoms with Gasteiger partial charge in [0.25, 0.3) is 5.56 Å². The molecule has 0 atom stereocenters. The summed E-state index contributed by atoms with van der Waals surface area (Å²) in [6.07, 6.45) is 0. The number of carbonyl (C=O) groups is 2. The van der Waals surface area contributed by atoms with Gasteiger partial charge in [-0.3, -0.25) is 9.59 Å². The van der Waals surface area contributed by atoms with Crippen LogP contribution in [0.3, 0.4) is 0 Å². The van der Waals surface area contributed by atoms with Gasteiger partial charge in [0.1, 0.15) is 12.2 Å². The molecule has 0 unspecified atom stereocenters. The number of ether oxygens (including phenoxy) is 1. The Bertz CT molecular complexity index is 1330. The Labute approximate surface area is 181 Å². The van der Waals surface area contributed by atoms with Crippen LogP contribution in [0.25, 0.3) is 21.5 Å². The zero-order chi connectivity index (χ0) is 22.0. The topological polar surface area (TPSA) is 103 Å². The minimum absolute atomic E-state index is 0.274. The summed E-state index contributed by atoms with van der Waals surface area (Å²) < 4.78 is 6.48. The van der Waals surface area contributed by atoms with Crippen molar-refractivity contribution >= 4 is 39.1 Å². The number of hydrogen-bond acceptors (Lipinski definition) is 7. The van der Waals surface area contributed by atoms with Gasteiger partial charge in [-0.25, -0.2) is 14.5 Å². The van der Waals surface area contributed by atoms with Gasteiger partial charge in [-0.15, -0.1) is 11.3 Å². The van der Waals surface area contributed by atoms with Crippen LogP contribution in [0.5, 0.6) is 0 Å². The number of amides is 1. The SMILES string of the molecule is COC(=O)c1ccc(NC(=O)Cn2nc(-c3ccccc3)c3sc(C)nc3c2=O)cc1. The van der Waals surface area contributed by atoms with Crippen LogP contribution in [0.4, 0.5) is 5.69 Å². The van der Waals surface area contributed by atoms with Crippen LogP contribution < -0.4 is 10.9 Å². The minimum Gasteiger partial charge on any atom is -0.465 e. The highest BCUT2D eigenvalue weighted by molar-refractivity contribution is 7.19. The van der Waals surface area contributed by atoms with E-state index in [2.05, 4.69) is 20.1 Å². The van der Waals surface area contributed by atoms with Crippen LogP contribution in [-0.4, -0.2) is 33.8 Å². The van der Waals surface area contributed by atoms with Gasteiger partial charge in [-0.05, 0) is 31.2 Å². The van der Waals surface area contributed by atoms with Crippen molar-refractivity contribution in [3.05, 3.63) is 75.5 Å². The highest BCUT2D eigenvalue weighted by atomic mass is 32.1. The van der Waals surface area contributed by atoms with Gasteiger partial charge in [-0.1, -0.05) is 30.3 Å². The molecule has 8 nitrogen and oxygen atoms in total. The second kappa shape index (κ2) is 8.49. The second-order valence-corrected chi connectivity index (χ2v) is 7.91. The Morgan fingerprint density at radius 3 is 2.48 bits per heavy atom. The van der Waals surface area contributed by atoms with E-state index in [-0.39, 0.29) is 6.54 Å². The van der Waals surface area contributed by atoms with Crippen molar-refractivity contribution in [2.75, 3.05) is 12.4 Å². The summed E-state index contributed by atoms with van der Waals surface area (Å²) in [5.41, 5.74) is 2.18. The monoisotopic (exact) mass is 434 g/mol. The number of esters is 1. The van der Waals surface area contributed by atoms with E-state index in [0.717, 1.165) is 15.3 Å². The van der Waals surface area contributed by atoms with Gasteiger partial charge in [0.05, 0.1) is 22.4 Å². The van der Waals surface area contributed by atoms with E-state index < -0.39 is 17.4 Å². The first-order valence-electron chi connectivity index (χ1n) is 9.38. The molecule has 0 radical (unpaired) electrons. The summed E-state index contributed by atoms with van der Waals surface area (Å²) in [5.74, 6) is -0.889. The molecule has 0 bridgehead atoms. The standard InChI is InChI=1S/C22H18N4O4S/c1-13-23-19-20(31-13)18(14-6-4-3-5-7-14)25-26(21(19)28)12-17(27)24-16-10-8-15(9-11-16)22(29)30-2/h3-11H,12H2,1-2H3,(H,24,27). The summed E-state index contributed by atoms with van der Waals surface area (Å²) in [6, 6.07) is 15.7. The van der Waals surface area contributed by atoms with Crippen LogP contribution in [0.15, 0.2) is 59.4 Å². The van der Waals surface area contributed by atoms with Gasteiger partial charge in [0.2, 0.25) is 5.91 Å². The summed E-state index contributed by atoms with van der Waals surface area (Å²) in [7, 11) is 1.30. The molecule has 4 rings (SSSR count). The van der Waals surface area contributed by atoms with E-state index in [1.54, 1.807) is 24.3 Å². The molecule has 156 valence electrons. The average molecular weight is 434 g/mol. The molecular weight excluding hydrogens is 416 g/mol. The van der Waals surface area contributed by atoms with Crippen LogP contribution in [-0.2, 0) is 16.1 Å². The second-order valence-electron chi connectivity index (χ2n) is 6.71. The van der Waals surface area contributed by atoms with E-state index in [9.17, 15) is 14.4 Å². The molecule has 0 aliphatic carbocycles. The van der Waals surface area contributed by atoms with Gasteiger partial charge in [-0.2, -0.15) is 5.10 Å². The smallest absolute Gasteiger partial charge is 0.337 e. The van der Waals surface area contributed by atoms with Crippen molar-refractivity contribution in [1.82, 2.24) is 14.8 Å². The summed E-state index contributed by atoms with van der Waals surface area (Å²) in [5, 5.41) is 7.92. The molecule has 2 aromatic heterocycles. The Morgan fingerprint density at radius 2 is 1.81 bits per heavy atom. The maximum atomic E-state index is 12.9. The molecule has 9 heteroatoms. The number of benzene rings is 2. The Morgan fingerprint density at radius 1 is 1.10 bits per heavy atom. The predicted molar refractivity (Wildman–Crippen MR) is 118 cm³/mol. The maximum Gasteiger partial charge on any atom is 0.337 e. The first-order valence-corrected chi connectivity index (χ1v) is 10.2. The van der Waals surface area contributed by atoms with Crippen molar-refractivity contribution in [1.29, 1.82) is 0 Å². The Hall–Kier alpha value is -3.85. The molecule has 0 saturated heterocycles. The largest absolute Gasteiger partial charge is 0.465 e. The van der Waals surface area contributed by atoms with Crippen molar-refractivity contribution in [3.63, 3.8) is 0 Å². The van der Waals surface area contributed by atoms with Crippen molar-refractivity contribution in [3.8, 4) is 11.3 Å². The van der Waals surface area contributed by atoms with Crippen LogP contribution in [0, 0.1) is 6.92 Å². The van der Waals surface area contributed by atoms with Crippen molar-refractivity contribution in [2.45, 2.75) is 13.5 Å². The van der Waals surface area contributed by atoms with Crippen molar-refractivity contribution < 1.29 is 14.3 Å². The molecular formula is C22H18N4O4S. The molecule has 0 aliphatic rings. The lowest BCUT2D eigenvalue weighted by molar-refractivity contribution is -0.117. The zero-order valence-corrected chi connectivity index (χ0v) is 17.6. The molecule has 4 aromatic rings. The lowest BCUT2D eigenvalue weighted by Gasteiger charge is -2.09. The number of hydrogen-bond donors (Lipinski definition) is 1. The molecule has 0 aliphatic heterocycles. The number of anilines is 1. The molecule has 0 saturated carbocycles. The Balaban J connectivity index is 1.64. The van der Waals surface area contributed by atoms with E-state index in [4.69, 9.17) is 0 Å². The number of rotatable bonds is 5. The molecule has 1 N–H and O–H groups in total.